The summed E-state index contributed by atoms with van der Waals surface area (Å²) in [5.74, 6) is -0.460. The molecule has 0 bridgehead atoms. The maximum atomic E-state index is 13.8. The Morgan fingerprint density at radius 2 is 2.15 bits per heavy atom. The molecule has 0 amide bonds. The van der Waals surface area contributed by atoms with Crippen molar-refractivity contribution in [3.05, 3.63) is 59.2 Å². The third-order valence-corrected chi connectivity index (χ3v) is 3.39. The van der Waals surface area contributed by atoms with Gasteiger partial charge in [-0.1, -0.05) is 19.1 Å². The Hall–Kier alpha value is -1.94. The monoisotopic (exact) mass is 274 g/mol. The van der Waals surface area contributed by atoms with Gasteiger partial charge in [0.25, 0.3) is 0 Å². The first kappa shape index (κ1) is 14.5. The van der Waals surface area contributed by atoms with E-state index in [0.717, 1.165) is 18.2 Å². The van der Waals surface area contributed by atoms with Crippen LogP contribution in [0.2, 0.25) is 0 Å². The van der Waals surface area contributed by atoms with Crippen molar-refractivity contribution in [3.63, 3.8) is 0 Å². The van der Waals surface area contributed by atoms with E-state index < -0.39 is 5.82 Å². The van der Waals surface area contributed by atoms with Crippen molar-refractivity contribution in [3.8, 4) is 5.75 Å². The summed E-state index contributed by atoms with van der Waals surface area (Å²) >= 11 is 0. The number of benzene rings is 1. The predicted molar refractivity (Wildman–Crippen MR) is 76.9 cm³/mol. The van der Waals surface area contributed by atoms with Crippen LogP contribution in [0.5, 0.6) is 5.75 Å². The normalized spacial score (nSPS) is 12.3. The first-order valence-electron chi connectivity index (χ1n) is 6.76. The van der Waals surface area contributed by atoms with Crippen LogP contribution in [0.3, 0.4) is 0 Å². The molecule has 20 heavy (non-hydrogen) atoms. The van der Waals surface area contributed by atoms with Crippen LogP contribution in [0, 0.1) is 5.82 Å². The van der Waals surface area contributed by atoms with Crippen molar-refractivity contribution in [1.82, 2.24) is 10.3 Å². The highest BCUT2D eigenvalue weighted by atomic mass is 19.1. The fourth-order valence-electron chi connectivity index (χ4n) is 2.18. The molecule has 106 valence electrons. The molecular formula is C16H19FN2O. The quantitative estimate of drug-likeness (QED) is 0.879. The maximum absolute atomic E-state index is 13.8. The Morgan fingerprint density at radius 3 is 2.85 bits per heavy atom. The number of phenols is 1. The Kier molecular flexibility index (Phi) is 4.69. The molecular weight excluding hydrogens is 255 g/mol. The van der Waals surface area contributed by atoms with Gasteiger partial charge in [-0.2, -0.15) is 0 Å². The molecule has 0 radical (unpaired) electrons. The molecule has 2 N–H and O–H groups in total. The molecule has 0 spiro atoms. The van der Waals surface area contributed by atoms with E-state index in [1.165, 1.54) is 11.6 Å². The van der Waals surface area contributed by atoms with Gasteiger partial charge in [-0.25, -0.2) is 4.39 Å². The molecule has 1 atom stereocenters. The predicted octanol–water partition coefficient (Wildman–Crippen LogP) is 3.34. The minimum absolute atomic E-state index is 0.0588. The lowest BCUT2D eigenvalue weighted by molar-refractivity contribution is 0.463. The zero-order valence-electron chi connectivity index (χ0n) is 11.7. The lowest BCUT2D eigenvalue weighted by atomic mass is 10.1. The van der Waals surface area contributed by atoms with Gasteiger partial charge in [0.05, 0.1) is 5.69 Å². The van der Waals surface area contributed by atoms with E-state index in [9.17, 15) is 9.50 Å². The average molecular weight is 274 g/mol. The molecule has 1 heterocycles. The second-order valence-corrected chi connectivity index (χ2v) is 4.77. The lowest BCUT2D eigenvalue weighted by Gasteiger charge is -2.16. The van der Waals surface area contributed by atoms with Gasteiger partial charge in [-0.05, 0) is 31.0 Å². The van der Waals surface area contributed by atoms with Crippen LogP contribution in [-0.2, 0) is 13.0 Å². The van der Waals surface area contributed by atoms with Gasteiger partial charge in [0.2, 0.25) is 0 Å². The topological polar surface area (TPSA) is 45.2 Å². The summed E-state index contributed by atoms with van der Waals surface area (Å²) in [6.45, 7) is 4.57. The van der Waals surface area contributed by atoms with Crippen LogP contribution < -0.4 is 5.32 Å². The second kappa shape index (κ2) is 6.48. The average Bonchev–Trinajstić information content (AvgIpc) is 2.45. The molecule has 0 aliphatic heterocycles. The molecule has 0 fully saturated rings. The van der Waals surface area contributed by atoms with Gasteiger partial charge in [0.1, 0.15) is 11.6 Å². The van der Waals surface area contributed by atoms with Gasteiger partial charge in [-0.3, -0.25) is 4.98 Å². The zero-order valence-corrected chi connectivity index (χ0v) is 11.7. The fourth-order valence-corrected chi connectivity index (χ4v) is 2.18. The molecule has 0 saturated heterocycles. The Balaban J connectivity index is 2.06. The Morgan fingerprint density at radius 1 is 1.35 bits per heavy atom. The van der Waals surface area contributed by atoms with E-state index in [0.29, 0.717) is 12.1 Å². The Labute approximate surface area is 118 Å². The van der Waals surface area contributed by atoms with E-state index in [-0.39, 0.29) is 11.8 Å². The van der Waals surface area contributed by atoms with Gasteiger partial charge >= 0.3 is 0 Å². The summed E-state index contributed by atoms with van der Waals surface area (Å²) in [7, 11) is 0. The fraction of sp³-hybridized carbons (Fsp3) is 0.312. The summed E-state index contributed by atoms with van der Waals surface area (Å²) in [4.78, 5) is 4.36. The first-order valence-corrected chi connectivity index (χ1v) is 6.76. The number of phenolic OH excluding ortho intramolecular Hbond substituents is 1. The van der Waals surface area contributed by atoms with Gasteiger partial charge < -0.3 is 10.4 Å². The van der Waals surface area contributed by atoms with Crippen LogP contribution in [0.4, 0.5) is 4.39 Å². The van der Waals surface area contributed by atoms with Crippen molar-refractivity contribution in [2.24, 2.45) is 0 Å². The molecule has 1 aromatic heterocycles. The summed E-state index contributed by atoms with van der Waals surface area (Å²) in [6.07, 6.45) is 2.69. The van der Waals surface area contributed by atoms with Crippen molar-refractivity contribution in [2.75, 3.05) is 0 Å². The number of hydrogen-bond donors (Lipinski definition) is 2. The van der Waals surface area contributed by atoms with Crippen LogP contribution in [-0.4, -0.2) is 10.1 Å². The SMILES string of the molecule is CCc1cccnc1CNC(C)c1ccc(O)cc1F. The molecule has 0 saturated carbocycles. The molecule has 1 unspecified atom stereocenters. The third kappa shape index (κ3) is 3.33. The first-order chi connectivity index (χ1) is 9.61. The molecule has 2 aromatic rings. The second-order valence-electron chi connectivity index (χ2n) is 4.77. The summed E-state index contributed by atoms with van der Waals surface area (Å²) in [5.41, 5.74) is 2.72. The van der Waals surface area contributed by atoms with Crippen molar-refractivity contribution in [1.29, 1.82) is 0 Å². The third-order valence-electron chi connectivity index (χ3n) is 3.39. The molecule has 0 aliphatic rings. The van der Waals surface area contributed by atoms with Gasteiger partial charge in [0, 0.05) is 30.4 Å². The molecule has 2 rings (SSSR count). The van der Waals surface area contributed by atoms with Crippen LogP contribution in [0.1, 0.15) is 36.7 Å². The number of pyridine rings is 1. The Bertz CT molecular complexity index is 586. The molecule has 1 aromatic carbocycles. The summed E-state index contributed by atoms with van der Waals surface area (Å²) in [5, 5.41) is 12.5. The van der Waals surface area contributed by atoms with E-state index in [2.05, 4.69) is 23.3 Å². The standard InChI is InChI=1S/C16H19FN2O/c1-3-12-5-4-8-18-16(12)10-19-11(2)14-7-6-13(20)9-15(14)17/h4-9,11,19-20H,3,10H2,1-2H3. The lowest BCUT2D eigenvalue weighted by Crippen LogP contribution is -2.20. The number of rotatable bonds is 5. The van der Waals surface area contributed by atoms with Crippen LogP contribution >= 0.6 is 0 Å². The van der Waals surface area contributed by atoms with Crippen LogP contribution in [0.15, 0.2) is 36.5 Å². The largest absolute Gasteiger partial charge is 0.508 e. The number of aromatic hydroxyl groups is 1. The number of aryl methyl sites for hydroxylation is 1. The number of hydrogen-bond acceptors (Lipinski definition) is 3. The minimum Gasteiger partial charge on any atom is -0.508 e. The molecule has 3 nitrogen and oxygen atoms in total. The highest BCUT2D eigenvalue weighted by Crippen LogP contribution is 2.21. The van der Waals surface area contributed by atoms with E-state index in [1.54, 1.807) is 12.3 Å². The number of nitrogens with one attached hydrogen (secondary N) is 1. The zero-order chi connectivity index (χ0) is 14.5. The van der Waals surface area contributed by atoms with Crippen LogP contribution in [0.25, 0.3) is 0 Å². The summed E-state index contributed by atoms with van der Waals surface area (Å²) < 4.78 is 13.8. The van der Waals surface area contributed by atoms with Gasteiger partial charge in [-0.15, -0.1) is 0 Å². The summed E-state index contributed by atoms with van der Waals surface area (Å²) in [6, 6.07) is 8.05. The van der Waals surface area contributed by atoms with Gasteiger partial charge in [0.15, 0.2) is 0 Å². The molecule has 4 heteroatoms. The smallest absolute Gasteiger partial charge is 0.131 e. The van der Waals surface area contributed by atoms with E-state index >= 15 is 0 Å². The number of aromatic nitrogens is 1. The van der Waals surface area contributed by atoms with Crippen molar-refractivity contribution in [2.45, 2.75) is 32.9 Å². The number of nitrogens with zero attached hydrogens (tertiary/aromatic N) is 1. The minimum atomic E-state index is -0.401. The highest BCUT2D eigenvalue weighted by molar-refractivity contribution is 5.29. The molecule has 0 aliphatic carbocycles. The number of halogens is 1. The maximum Gasteiger partial charge on any atom is 0.131 e. The van der Waals surface area contributed by atoms with Crippen molar-refractivity contribution >= 4 is 0 Å². The van der Waals surface area contributed by atoms with Crippen molar-refractivity contribution < 1.29 is 9.50 Å². The highest BCUT2D eigenvalue weighted by Gasteiger charge is 2.12. The van der Waals surface area contributed by atoms with E-state index in [4.69, 9.17) is 0 Å². The van der Waals surface area contributed by atoms with E-state index in [1.807, 2.05) is 13.0 Å².